The van der Waals surface area contributed by atoms with E-state index in [1.54, 1.807) is 19.0 Å². The van der Waals surface area contributed by atoms with Gasteiger partial charge in [0.05, 0.1) is 18.7 Å². The van der Waals surface area contributed by atoms with E-state index in [-0.39, 0.29) is 5.91 Å². The Bertz CT molecular complexity index is 729. The van der Waals surface area contributed by atoms with E-state index in [9.17, 15) is 4.79 Å². The minimum atomic E-state index is -0.0239. The Morgan fingerprint density at radius 2 is 2.00 bits per heavy atom. The largest absolute Gasteiger partial charge is 0.378 e. The van der Waals surface area contributed by atoms with Crippen LogP contribution in [0.25, 0.3) is 10.9 Å². The number of fused-ring (bicyclic) bond motifs is 1. The monoisotopic (exact) mass is 332 g/mol. The highest BCUT2D eigenvalue weighted by molar-refractivity contribution is 7.98. The van der Waals surface area contributed by atoms with Crippen LogP contribution in [-0.2, 0) is 4.74 Å². The van der Waals surface area contributed by atoms with E-state index in [1.807, 2.05) is 24.5 Å². The van der Waals surface area contributed by atoms with Crippen molar-refractivity contribution in [2.45, 2.75) is 5.16 Å². The van der Waals surface area contributed by atoms with Gasteiger partial charge in [-0.05, 0) is 24.5 Å². The van der Waals surface area contributed by atoms with E-state index >= 15 is 0 Å². The summed E-state index contributed by atoms with van der Waals surface area (Å²) in [6.07, 6.45) is 1.96. The van der Waals surface area contributed by atoms with Gasteiger partial charge in [-0.25, -0.2) is 9.97 Å². The molecule has 0 unspecified atom stereocenters. The Morgan fingerprint density at radius 3 is 2.65 bits per heavy atom. The predicted molar refractivity (Wildman–Crippen MR) is 92.4 cm³/mol. The number of amides is 1. The first-order valence-electron chi connectivity index (χ1n) is 7.50. The van der Waals surface area contributed by atoms with E-state index in [2.05, 4.69) is 14.9 Å². The van der Waals surface area contributed by atoms with Crippen molar-refractivity contribution in [3.63, 3.8) is 0 Å². The summed E-state index contributed by atoms with van der Waals surface area (Å²) in [5.74, 6) is 0.899. The maximum Gasteiger partial charge on any atom is 0.253 e. The quantitative estimate of drug-likeness (QED) is 0.632. The Kier molecular flexibility index (Phi) is 4.68. The van der Waals surface area contributed by atoms with Crippen LogP contribution in [0.3, 0.4) is 0 Å². The molecule has 0 radical (unpaired) electrons. The highest BCUT2D eigenvalue weighted by Gasteiger charge is 2.18. The zero-order chi connectivity index (χ0) is 16.4. The van der Waals surface area contributed by atoms with Gasteiger partial charge < -0.3 is 14.5 Å². The maximum atomic E-state index is 12.2. The van der Waals surface area contributed by atoms with E-state index in [1.165, 1.54) is 11.8 Å². The minimum Gasteiger partial charge on any atom is -0.378 e. The van der Waals surface area contributed by atoms with Gasteiger partial charge in [0.25, 0.3) is 5.91 Å². The van der Waals surface area contributed by atoms with E-state index in [0.717, 1.165) is 29.8 Å². The molecule has 1 aromatic heterocycles. The predicted octanol–water partition coefficient (Wildman–Crippen LogP) is 1.89. The summed E-state index contributed by atoms with van der Waals surface area (Å²) >= 11 is 1.51. The molecule has 122 valence electrons. The average Bonchev–Trinajstić information content (AvgIpc) is 2.60. The molecule has 1 fully saturated rings. The van der Waals surface area contributed by atoms with Crippen molar-refractivity contribution in [2.75, 3.05) is 51.6 Å². The molecule has 1 saturated heterocycles. The number of hydrogen-bond donors (Lipinski definition) is 0. The van der Waals surface area contributed by atoms with Crippen molar-refractivity contribution in [1.82, 2.24) is 14.9 Å². The molecule has 1 aromatic carbocycles. The number of ether oxygens (including phenoxy) is 1. The van der Waals surface area contributed by atoms with Crippen molar-refractivity contribution in [1.29, 1.82) is 0 Å². The summed E-state index contributed by atoms with van der Waals surface area (Å²) in [6, 6.07) is 5.64. The number of aromatic nitrogens is 2. The Hall–Kier alpha value is -1.86. The highest BCUT2D eigenvalue weighted by atomic mass is 32.2. The van der Waals surface area contributed by atoms with E-state index < -0.39 is 0 Å². The molecule has 7 heteroatoms. The molecule has 0 bridgehead atoms. The fourth-order valence-electron chi connectivity index (χ4n) is 2.59. The lowest BCUT2D eigenvalue weighted by atomic mass is 10.1. The highest BCUT2D eigenvalue weighted by Crippen LogP contribution is 2.28. The van der Waals surface area contributed by atoms with Gasteiger partial charge in [-0.2, -0.15) is 0 Å². The molecule has 1 aliphatic rings. The van der Waals surface area contributed by atoms with Gasteiger partial charge in [-0.1, -0.05) is 11.8 Å². The third-order valence-corrected chi connectivity index (χ3v) is 4.35. The zero-order valence-electron chi connectivity index (χ0n) is 13.6. The molecule has 1 amide bonds. The third kappa shape index (κ3) is 3.25. The lowest BCUT2D eigenvalue weighted by Gasteiger charge is -2.29. The van der Waals surface area contributed by atoms with Gasteiger partial charge in [-0.15, -0.1) is 0 Å². The second-order valence-electron chi connectivity index (χ2n) is 5.56. The fourth-order valence-corrected chi connectivity index (χ4v) is 2.96. The SMILES string of the molecule is CSc1nc(N2CCOCC2)c2ccc(C(=O)N(C)C)cc2n1. The summed E-state index contributed by atoms with van der Waals surface area (Å²) in [4.78, 5) is 25.2. The molecule has 2 aromatic rings. The van der Waals surface area contributed by atoms with Gasteiger partial charge >= 0.3 is 0 Å². The third-order valence-electron chi connectivity index (χ3n) is 3.80. The van der Waals surface area contributed by atoms with Crippen LogP contribution in [0.1, 0.15) is 10.4 Å². The molecule has 3 rings (SSSR count). The number of carbonyl (C=O) groups excluding carboxylic acids is 1. The summed E-state index contributed by atoms with van der Waals surface area (Å²) in [7, 11) is 3.50. The van der Waals surface area contributed by atoms with Crippen LogP contribution in [0.2, 0.25) is 0 Å². The zero-order valence-corrected chi connectivity index (χ0v) is 14.4. The van der Waals surface area contributed by atoms with Gasteiger partial charge in [0.2, 0.25) is 0 Å². The first-order chi connectivity index (χ1) is 11.1. The summed E-state index contributed by atoms with van der Waals surface area (Å²) in [5.41, 5.74) is 1.44. The number of anilines is 1. The molecule has 0 aliphatic carbocycles. The van der Waals surface area contributed by atoms with E-state index in [4.69, 9.17) is 4.74 Å². The topological polar surface area (TPSA) is 58.6 Å². The summed E-state index contributed by atoms with van der Waals surface area (Å²) in [5, 5.41) is 1.69. The molecular formula is C16H20N4O2S. The second kappa shape index (κ2) is 6.72. The molecule has 23 heavy (non-hydrogen) atoms. The second-order valence-corrected chi connectivity index (χ2v) is 6.34. The van der Waals surface area contributed by atoms with Crippen LogP contribution in [0.5, 0.6) is 0 Å². The van der Waals surface area contributed by atoms with Gasteiger partial charge in [0, 0.05) is 38.1 Å². The van der Waals surface area contributed by atoms with Crippen LogP contribution < -0.4 is 4.90 Å². The van der Waals surface area contributed by atoms with Crippen LogP contribution in [0.15, 0.2) is 23.4 Å². The van der Waals surface area contributed by atoms with Crippen LogP contribution in [0.4, 0.5) is 5.82 Å². The van der Waals surface area contributed by atoms with Crippen molar-refractivity contribution in [3.8, 4) is 0 Å². The van der Waals surface area contributed by atoms with Gasteiger partial charge in [0.1, 0.15) is 5.82 Å². The summed E-state index contributed by atoms with van der Waals surface area (Å²) in [6.45, 7) is 3.05. The molecule has 2 heterocycles. The summed E-state index contributed by atoms with van der Waals surface area (Å²) < 4.78 is 5.43. The molecule has 1 aliphatic heterocycles. The Labute approximate surface area is 139 Å². The van der Waals surface area contributed by atoms with Crippen molar-refractivity contribution < 1.29 is 9.53 Å². The molecule has 0 spiro atoms. The van der Waals surface area contributed by atoms with Gasteiger partial charge in [0.15, 0.2) is 5.16 Å². The number of hydrogen-bond acceptors (Lipinski definition) is 6. The smallest absolute Gasteiger partial charge is 0.253 e. The number of rotatable bonds is 3. The average molecular weight is 332 g/mol. The Morgan fingerprint density at radius 1 is 1.26 bits per heavy atom. The molecule has 0 atom stereocenters. The standard InChI is InChI=1S/C16H20N4O2S/c1-19(2)15(21)11-4-5-12-13(10-11)17-16(23-3)18-14(12)20-6-8-22-9-7-20/h4-5,10H,6-9H2,1-3H3. The normalized spacial score (nSPS) is 15.0. The number of nitrogens with zero attached hydrogens (tertiary/aromatic N) is 4. The fraction of sp³-hybridized carbons (Fsp3) is 0.438. The number of thioether (sulfide) groups is 1. The first-order valence-corrected chi connectivity index (χ1v) is 8.73. The van der Waals surface area contributed by atoms with Crippen LogP contribution in [0, 0.1) is 0 Å². The minimum absolute atomic E-state index is 0.0239. The molecule has 6 nitrogen and oxygen atoms in total. The lowest BCUT2D eigenvalue weighted by Crippen LogP contribution is -2.37. The molecule has 0 saturated carbocycles. The van der Waals surface area contributed by atoms with E-state index in [0.29, 0.717) is 23.9 Å². The lowest BCUT2D eigenvalue weighted by molar-refractivity contribution is 0.0827. The number of morpholine rings is 1. The van der Waals surface area contributed by atoms with Crippen molar-refractivity contribution >= 4 is 34.4 Å². The van der Waals surface area contributed by atoms with Crippen LogP contribution in [-0.4, -0.2) is 67.4 Å². The Balaban J connectivity index is 2.10. The first kappa shape index (κ1) is 16.0. The number of benzene rings is 1. The molecular weight excluding hydrogens is 312 g/mol. The maximum absolute atomic E-state index is 12.2. The number of carbonyl (C=O) groups is 1. The van der Waals surface area contributed by atoms with Crippen LogP contribution >= 0.6 is 11.8 Å². The van der Waals surface area contributed by atoms with Crippen molar-refractivity contribution in [2.24, 2.45) is 0 Å². The molecule has 0 N–H and O–H groups in total. The van der Waals surface area contributed by atoms with Gasteiger partial charge in [-0.3, -0.25) is 4.79 Å². The van der Waals surface area contributed by atoms with Crippen molar-refractivity contribution in [3.05, 3.63) is 23.8 Å².